The Morgan fingerprint density at radius 3 is 2.32 bits per heavy atom. The molecule has 0 saturated heterocycles. The molecule has 3 nitrogen and oxygen atoms in total. The molecule has 2 aromatic rings. The molecule has 0 bridgehead atoms. The van der Waals surface area contributed by atoms with Crippen molar-refractivity contribution in [3.63, 3.8) is 0 Å². The predicted octanol–water partition coefficient (Wildman–Crippen LogP) is 3.47. The Kier molecular flexibility index (Phi) is 3.25. The third kappa shape index (κ3) is 2.73. The van der Waals surface area contributed by atoms with E-state index in [1.165, 1.54) is 18.2 Å². The maximum absolute atomic E-state index is 12.4. The maximum Gasteiger partial charge on any atom is 0.417 e. The number of nitrogens with zero attached hydrogens (tertiary/aromatic N) is 1. The SMILES string of the molecule is O=C(O)c1ccccc1-c1ccc(C(F)(F)F)cn1. The minimum absolute atomic E-state index is 0.00485. The molecule has 19 heavy (non-hydrogen) atoms. The lowest BCUT2D eigenvalue weighted by Gasteiger charge is -2.08. The van der Waals surface area contributed by atoms with Crippen molar-refractivity contribution in [2.45, 2.75) is 6.18 Å². The molecule has 0 aliphatic carbocycles. The van der Waals surface area contributed by atoms with E-state index in [1.54, 1.807) is 6.07 Å². The molecule has 0 spiro atoms. The molecule has 1 aromatic carbocycles. The van der Waals surface area contributed by atoms with E-state index in [1.807, 2.05) is 0 Å². The van der Waals surface area contributed by atoms with Crippen LogP contribution in [0.15, 0.2) is 42.6 Å². The molecule has 1 N–H and O–H groups in total. The van der Waals surface area contributed by atoms with Crippen molar-refractivity contribution < 1.29 is 23.1 Å². The Morgan fingerprint density at radius 2 is 1.79 bits per heavy atom. The maximum atomic E-state index is 12.4. The second-order valence-electron chi connectivity index (χ2n) is 3.78. The monoisotopic (exact) mass is 267 g/mol. The zero-order chi connectivity index (χ0) is 14.0. The number of hydrogen-bond donors (Lipinski definition) is 1. The summed E-state index contributed by atoms with van der Waals surface area (Å²) in [4.78, 5) is 14.7. The summed E-state index contributed by atoms with van der Waals surface area (Å²) in [5, 5.41) is 9.00. The van der Waals surface area contributed by atoms with Gasteiger partial charge in [-0.25, -0.2) is 4.79 Å². The molecule has 1 aromatic heterocycles. The van der Waals surface area contributed by atoms with Crippen molar-refractivity contribution >= 4 is 5.97 Å². The van der Waals surface area contributed by atoms with Gasteiger partial charge in [0.15, 0.2) is 0 Å². The number of carboxylic acids is 1. The van der Waals surface area contributed by atoms with Gasteiger partial charge in [0.2, 0.25) is 0 Å². The number of aromatic nitrogens is 1. The van der Waals surface area contributed by atoms with E-state index in [0.29, 0.717) is 6.20 Å². The quantitative estimate of drug-likeness (QED) is 0.906. The minimum Gasteiger partial charge on any atom is -0.478 e. The Labute approximate surface area is 106 Å². The lowest BCUT2D eigenvalue weighted by molar-refractivity contribution is -0.137. The van der Waals surface area contributed by atoms with Gasteiger partial charge in [-0.05, 0) is 18.2 Å². The molecule has 0 radical (unpaired) electrons. The van der Waals surface area contributed by atoms with Gasteiger partial charge in [0.25, 0.3) is 0 Å². The third-order valence-electron chi connectivity index (χ3n) is 2.52. The molecule has 0 atom stereocenters. The van der Waals surface area contributed by atoms with Crippen LogP contribution in [0.1, 0.15) is 15.9 Å². The number of aromatic carboxylic acids is 1. The van der Waals surface area contributed by atoms with Crippen LogP contribution < -0.4 is 0 Å². The van der Waals surface area contributed by atoms with Gasteiger partial charge in [0, 0.05) is 11.8 Å². The number of carboxylic acid groups (broad SMARTS) is 1. The largest absolute Gasteiger partial charge is 0.478 e. The van der Waals surface area contributed by atoms with Gasteiger partial charge in [-0.3, -0.25) is 4.98 Å². The minimum atomic E-state index is -4.46. The second kappa shape index (κ2) is 4.72. The van der Waals surface area contributed by atoms with Gasteiger partial charge in [-0.2, -0.15) is 13.2 Å². The van der Waals surface area contributed by atoms with Crippen LogP contribution in [0.3, 0.4) is 0 Å². The number of pyridine rings is 1. The average molecular weight is 267 g/mol. The normalized spacial score (nSPS) is 11.3. The molecular formula is C13H8F3NO2. The topological polar surface area (TPSA) is 50.2 Å². The summed E-state index contributed by atoms with van der Waals surface area (Å²) in [7, 11) is 0. The van der Waals surface area contributed by atoms with E-state index in [0.717, 1.165) is 12.1 Å². The van der Waals surface area contributed by atoms with Crippen LogP contribution in [0.25, 0.3) is 11.3 Å². The first-order chi connectivity index (χ1) is 8.89. The Bertz CT molecular complexity index is 606. The number of rotatable bonds is 2. The van der Waals surface area contributed by atoms with Crippen molar-refractivity contribution in [2.75, 3.05) is 0 Å². The fourth-order valence-corrected chi connectivity index (χ4v) is 1.61. The van der Waals surface area contributed by atoms with Crippen LogP contribution in [-0.2, 0) is 6.18 Å². The summed E-state index contributed by atoms with van der Waals surface area (Å²) in [6.45, 7) is 0. The standard InChI is InChI=1S/C13H8F3NO2/c14-13(15,16)8-5-6-11(17-7-8)9-3-1-2-4-10(9)12(18)19/h1-7H,(H,18,19). The van der Waals surface area contributed by atoms with Gasteiger partial charge in [-0.15, -0.1) is 0 Å². The fourth-order valence-electron chi connectivity index (χ4n) is 1.61. The van der Waals surface area contributed by atoms with Crippen molar-refractivity contribution in [1.29, 1.82) is 0 Å². The smallest absolute Gasteiger partial charge is 0.417 e. The molecule has 0 unspecified atom stereocenters. The summed E-state index contributed by atoms with van der Waals surface area (Å²) in [5.74, 6) is -1.16. The van der Waals surface area contributed by atoms with Crippen molar-refractivity contribution in [2.24, 2.45) is 0 Å². The van der Waals surface area contributed by atoms with Crippen LogP contribution in [0.5, 0.6) is 0 Å². The molecule has 0 aliphatic rings. The molecule has 0 saturated carbocycles. The van der Waals surface area contributed by atoms with Crippen molar-refractivity contribution in [3.05, 3.63) is 53.7 Å². The van der Waals surface area contributed by atoms with Crippen molar-refractivity contribution in [1.82, 2.24) is 4.98 Å². The Morgan fingerprint density at radius 1 is 1.11 bits per heavy atom. The molecule has 2 rings (SSSR count). The zero-order valence-corrected chi connectivity index (χ0v) is 9.48. The predicted molar refractivity (Wildman–Crippen MR) is 61.6 cm³/mol. The van der Waals surface area contributed by atoms with Crippen LogP contribution in [0, 0.1) is 0 Å². The number of alkyl halides is 3. The second-order valence-corrected chi connectivity index (χ2v) is 3.78. The zero-order valence-electron chi connectivity index (χ0n) is 9.48. The molecule has 0 aliphatic heterocycles. The highest BCUT2D eigenvalue weighted by Gasteiger charge is 2.30. The number of halogens is 3. The molecular weight excluding hydrogens is 259 g/mol. The first-order valence-corrected chi connectivity index (χ1v) is 5.25. The Hall–Kier alpha value is -2.37. The molecule has 0 amide bonds. The van der Waals surface area contributed by atoms with E-state index in [2.05, 4.69) is 4.98 Å². The highest BCUT2D eigenvalue weighted by molar-refractivity contribution is 5.95. The highest BCUT2D eigenvalue weighted by atomic mass is 19.4. The first kappa shape index (κ1) is 13.1. The summed E-state index contributed by atoms with van der Waals surface area (Å²) in [6, 6.07) is 8.04. The molecule has 1 heterocycles. The molecule has 98 valence electrons. The van der Waals surface area contributed by atoms with Gasteiger partial charge in [0.05, 0.1) is 16.8 Å². The number of benzene rings is 1. The van der Waals surface area contributed by atoms with Gasteiger partial charge >= 0.3 is 12.1 Å². The average Bonchev–Trinajstić information content (AvgIpc) is 2.38. The van der Waals surface area contributed by atoms with Gasteiger partial charge < -0.3 is 5.11 Å². The van der Waals surface area contributed by atoms with E-state index in [4.69, 9.17) is 5.11 Å². The fraction of sp³-hybridized carbons (Fsp3) is 0.0769. The highest BCUT2D eigenvalue weighted by Crippen LogP contribution is 2.30. The Balaban J connectivity index is 2.46. The van der Waals surface area contributed by atoms with Crippen LogP contribution in [-0.4, -0.2) is 16.1 Å². The van der Waals surface area contributed by atoms with Crippen LogP contribution in [0.2, 0.25) is 0 Å². The van der Waals surface area contributed by atoms with Gasteiger partial charge in [0.1, 0.15) is 0 Å². The third-order valence-corrected chi connectivity index (χ3v) is 2.52. The molecule has 6 heteroatoms. The first-order valence-electron chi connectivity index (χ1n) is 5.25. The lowest BCUT2D eigenvalue weighted by Crippen LogP contribution is -2.06. The lowest BCUT2D eigenvalue weighted by atomic mass is 10.0. The van der Waals surface area contributed by atoms with E-state index in [9.17, 15) is 18.0 Å². The summed E-state index contributed by atoms with van der Waals surface area (Å²) < 4.78 is 37.2. The number of hydrogen-bond acceptors (Lipinski definition) is 2. The van der Waals surface area contributed by atoms with E-state index in [-0.39, 0.29) is 16.8 Å². The summed E-state index contributed by atoms with van der Waals surface area (Å²) in [5.41, 5.74) is -0.409. The van der Waals surface area contributed by atoms with E-state index >= 15 is 0 Å². The molecule has 0 fully saturated rings. The summed E-state index contributed by atoms with van der Waals surface area (Å²) >= 11 is 0. The van der Waals surface area contributed by atoms with E-state index < -0.39 is 17.7 Å². The number of carbonyl (C=O) groups is 1. The van der Waals surface area contributed by atoms with Gasteiger partial charge in [-0.1, -0.05) is 18.2 Å². The van der Waals surface area contributed by atoms with Crippen LogP contribution >= 0.6 is 0 Å². The summed E-state index contributed by atoms with van der Waals surface area (Å²) in [6.07, 6.45) is -3.77. The van der Waals surface area contributed by atoms with Crippen molar-refractivity contribution in [3.8, 4) is 11.3 Å². The van der Waals surface area contributed by atoms with Crippen LogP contribution in [0.4, 0.5) is 13.2 Å².